The number of hydrogen-bond acceptors (Lipinski definition) is 2. The van der Waals surface area contributed by atoms with Gasteiger partial charge in [0.25, 0.3) is 0 Å². The first-order valence-corrected chi connectivity index (χ1v) is 8.66. The molecule has 1 saturated heterocycles. The van der Waals surface area contributed by atoms with Gasteiger partial charge in [0.1, 0.15) is 0 Å². The van der Waals surface area contributed by atoms with Crippen molar-refractivity contribution in [1.82, 2.24) is 15.1 Å². The fourth-order valence-electron chi connectivity index (χ4n) is 3.05. The molecule has 0 aromatic heterocycles. The molecule has 2 amide bonds. The van der Waals surface area contributed by atoms with E-state index in [1.165, 1.54) is 5.56 Å². The number of aryl methyl sites for hydroxylation is 1. The topological polar surface area (TPSA) is 35.6 Å². The third kappa shape index (κ3) is 4.18. The summed E-state index contributed by atoms with van der Waals surface area (Å²) in [5, 5.41) is 3.83. The molecule has 128 valence electrons. The van der Waals surface area contributed by atoms with Gasteiger partial charge < -0.3 is 15.1 Å². The molecule has 1 heterocycles. The second-order valence-corrected chi connectivity index (χ2v) is 7.11. The Morgan fingerprint density at radius 3 is 2.57 bits per heavy atom. The van der Waals surface area contributed by atoms with Crippen LogP contribution in [-0.2, 0) is 0 Å². The Morgan fingerprint density at radius 1 is 1.35 bits per heavy atom. The van der Waals surface area contributed by atoms with Crippen molar-refractivity contribution in [2.24, 2.45) is 0 Å². The Hall–Kier alpha value is -1.26. The summed E-state index contributed by atoms with van der Waals surface area (Å²) in [7, 11) is 4.01. The summed E-state index contributed by atoms with van der Waals surface area (Å²) in [5.74, 6) is 0. The molecule has 1 aliphatic rings. The Morgan fingerprint density at radius 2 is 1.96 bits per heavy atom. The fourth-order valence-corrected chi connectivity index (χ4v) is 3.43. The third-order valence-corrected chi connectivity index (χ3v) is 5.55. The summed E-state index contributed by atoms with van der Waals surface area (Å²) < 4.78 is 0. The lowest BCUT2D eigenvalue weighted by molar-refractivity contribution is 0.146. The van der Waals surface area contributed by atoms with E-state index in [0.29, 0.717) is 6.04 Å². The van der Waals surface area contributed by atoms with Crippen LogP contribution in [0.4, 0.5) is 4.79 Å². The fraction of sp³-hybridized carbons (Fsp3) is 0.611. The highest BCUT2D eigenvalue weighted by atomic mass is 35.5. The zero-order chi connectivity index (χ0) is 17.1. The highest BCUT2D eigenvalue weighted by Crippen LogP contribution is 2.28. The molecule has 0 bridgehead atoms. The van der Waals surface area contributed by atoms with Crippen LogP contribution in [0, 0.1) is 13.8 Å². The molecule has 0 saturated carbocycles. The SMILES string of the molecule is Cc1ccc(C(C)NC(=O)N(C)C2CCN(C)CC2)c(Cl)c1C. The van der Waals surface area contributed by atoms with Gasteiger partial charge in [0.15, 0.2) is 0 Å². The van der Waals surface area contributed by atoms with E-state index >= 15 is 0 Å². The first kappa shape index (κ1) is 18.1. The number of carbonyl (C=O) groups is 1. The van der Waals surface area contributed by atoms with Crippen LogP contribution in [0.1, 0.15) is 42.5 Å². The van der Waals surface area contributed by atoms with Crippen molar-refractivity contribution < 1.29 is 4.79 Å². The van der Waals surface area contributed by atoms with Gasteiger partial charge in [-0.3, -0.25) is 0 Å². The Labute approximate surface area is 144 Å². The Bertz CT molecular complexity index is 568. The first-order valence-electron chi connectivity index (χ1n) is 8.28. The molecular weight excluding hydrogens is 310 g/mol. The maximum Gasteiger partial charge on any atom is 0.317 e. The minimum absolute atomic E-state index is 0.0265. The van der Waals surface area contributed by atoms with Gasteiger partial charge in [-0.1, -0.05) is 23.7 Å². The molecule has 1 unspecified atom stereocenters. The molecule has 0 spiro atoms. The summed E-state index contributed by atoms with van der Waals surface area (Å²) in [6.45, 7) is 8.13. The lowest BCUT2D eigenvalue weighted by atomic mass is 10.0. The van der Waals surface area contributed by atoms with Gasteiger partial charge in [-0.2, -0.15) is 0 Å². The molecular formula is C18H28ClN3O. The zero-order valence-corrected chi connectivity index (χ0v) is 15.6. The van der Waals surface area contributed by atoms with Crippen LogP contribution in [0.2, 0.25) is 5.02 Å². The van der Waals surface area contributed by atoms with Crippen molar-refractivity contribution in [3.63, 3.8) is 0 Å². The minimum Gasteiger partial charge on any atom is -0.331 e. The summed E-state index contributed by atoms with van der Waals surface area (Å²) in [6, 6.07) is 4.24. The van der Waals surface area contributed by atoms with E-state index < -0.39 is 0 Å². The molecule has 5 heteroatoms. The quantitative estimate of drug-likeness (QED) is 0.911. The molecule has 0 radical (unpaired) electrons. The lowest BCUT2D eigenvalue weighted by Gasteiger charge is -2.35. The van der Waals surface area contributed by atoms with E-state index in [1.807, 2.05) is 38.8 Å². The highest BCUT2D eigenvalue weighted by molar-refractivity contribution is 6.32. The zero-order valence-electron chi connectivity index (χ0n) is 14.8. The van der Waals surface area contributed by atoms with Crippen LogP contribution in [-0.4, -0.2) is 49.1 Å². The van der Waals surface area contributed by atoms with Crippen LogP contribution < -0.4 is 5.32 Å². The van der Waals surface area contributed by atoms with Crippen molar-refractivity contribution in [3.8, 4) is 0 Å². The Kier molecular flexibility index (Phi) is 5.93. The van der Waals surface area contributed by atoms with E-state index in [4.69, 9.17) is 11.6 Å². The van der Waals surface area contributed by atoms with Gasteiger partial charge in [-0.15, -0.1) is 0 Å². The number of rotatable bonds is 3. The van der Waals surface area contributed by atoms with Crippen molar-refractivity contribution in [2.75, 3.05) is 27.2 Å². The first-order chi connectivity index (χ1) is 10.8. The summed E-state index contributed by atoms with van der Waals surface area (Å²) in [4.78, 5) is 16.7. The normalized spacial score (nSPS) is 17.8. The van der Waals surface area contributed by atoms with Crippen molar-refractivity contribution in [3.05, 3.63) is 33.8 Å². The van der Waals surface area contributed by atoms with E-state index in [9.17, 15) is 4.79 Å². The van der Waals surface area contributed by atoms with Gasteiger partial charge in [0.05, 0.1) is 6.04 Å². The van der Waals surface area contributed by atoms with Crippen LogP contribution in [0.3, 0.4) is 0 Å². The molecule has 1 aromatic carbocycles. The number of carbonyl (C=O) groups excluding carboxylic acids is 1. The largest absolute Gasteiger partial charge is 0.331 e. The number of halogens is 1. The second-order valence-electron chi connectivity index (χ2n) is 6.73. The lowest BCUT2D eigenvalue weighted by Crippen LogP contribution is -2.48. The molecule has 0 aliphatic carbocycles. The van der Waals surface area contributed by atoms with Crippen LogP contribution in [0.25, 0.3) is 0 Å². The van der Waals surface area contributed by atoms with Gasteiger partial charge in [0, 0.05) is 18.1 Å². The van der Waals surface area contributed by atoms with Gasteiger partial charge in [0.2, 0.25) is 0 Å². The van der Waals surface area contributed by atoms with Crippen LogP contribution in [0.5, 0.6) is 0 Å². The third-order valence-electron chi connectivity index (χ3n) is 5.05. The van der Waals surface area contributed by atoms with Crippen LogP contribution in [0.15, 0.2) is 12.1 Å². The number of urea groups is 1. The highest BCUT2D eigenvalue weighted by Gasteiger charge is 2.25. The van der Waals surface area contributed by atoms with Crippen molar-refractivity contribution in [2.45, 2.75) is 45.7 Å². The van der Waals surface area contributed by atoms with Gasteiger partial charge >= 0.3 is 6.03 Å². The maximum absolute atomic E-state index is 12.5. The molecule has 1 N–H and O–H groups in total. The van der Waals surface area contributed by atoms with Gasteiger partial charge in [-0.05, 0) is 70.4 Å². The number of hydrogen-bond donors (Lipinski definition) is 1. The Balaban J connectivity index is 2.01. The molecule has 23 heavy (non-hydrogen) atoms. The maximum atomic E-state index is 12.5. The van der Waals surface area contributed by atoms with E-state index in [0.717, 1.165) is 42.1 Å². The molecule has 1 atom stereocenters. The van der Waals surface area contributed by atoms with Crippen molar-refractivity contribution >= 4 is 17.6 Å². The molecule has 4 nitrogen and oxygen atoms in total. The summed E-state index contributed by atoms with van der Waals surface area (Å²) >= 11 is 6.45. The number of likely N-dealkylation sites (tertiary alicyclic amines) is 1. The standard InChI is InChI=1S/C18H28ClN3O/c1-12-6-7-16(17(19)13(12)2)14(3)20-18(23)22(5)15-8-10-21(4)11-9-15/h6-7,14-15H,8-11H2,1-5H3,(H,20,23). The van der Waals surface area contributed by atoms with E-state index in [-0.39, 0.29) is 12.1 Å². The molecule has 1 aromatic rings. The van der Waals surface area contributed by atoms with E-state index in [2.05, 4.69) is 23.3 Å². The smallest absolute Gasteiger partial charge is 0.317 e. The summed E-state index contributed by atoms with van der Waals surface area (Å²) in [6.07, 6.45) is 2.05. The second kappa shape index (κ2) is 7.54. The number of amides is 2. The average Bonchev–Trinajstić information content (AvgIpc) is 2.52. The average molecular weight is 338 g/mol. The summed E-state index contributed by atoms with van der Waals surface area (Å²) in [5.41, 5.74) is 3.22. The number of benzene rings is 1. The van der Waals surface area contributed by atoms with Crippen molar-refractivity contribution in [1.29, 1.82) is 0 Å². The molecule has 1 aliphatic heterocycles. The predicted molar refractivity (Wildman–Crippen MR) is 96.2 cm³/mol. The van der Waals surface area contributed by atoms with Crippen LogP contribution >= 0.6 is 11.6 Å². The predicted octanol–water partition coefficient (Wildman–Crippen LogP) is 3.75. The minimum atomic E-state index is -0.108. The monoisotopic (exact) mass is 337 g/mol. The molecule has 2 rings (SSSR count). The number of nitrogens with zero attached hydrogens (tertiary/aromatic N) is 2. The molecule has 1 fully saturated rings. The number of piperidine rings is 1. The van der Waals surface area contributed by atoms with Gasteiger partial charge in [-0.25, -0.2) is 4.79 Å². The number of nitrogens with one attached hydrogen (secondary N) is 1. The van der Waals surface area contributed by atoms with E-state index in [1.54, 1.807) is 0 Å².